The molecule has 10 nitrogen and oxygen atoms in total. The highest BCUT2D eigenvalue weighted by Gasteiger charge is 2.17. The van der Waals surface area contributed by atoms with Gasteiger partial charge in [-0.15, -0.1) is 0 Å². The van der Waals surface area contributed by atoms with E-state index in [-0.39, 0.29) is 28.6 Å². The third kappa shape index (κ3) is 5.14. The summed E-state index contributed by atoms with van der Waals surface area (Å²) >= 11 is 0. The molecule has 0 aliphatic rings. The third-order valence-corrected chi connectivity index (χ3v) is 4.31. The fraction of sp³-hybridized carbons (Fsp3) is 0.0952. The molecule has 0 aliphatic heterocycles. The minimum atomic E-state index is -0.824. The summed E-state index contributed by atoms with van der Waals surface area (Å²) < 4.78 is 18.7. The van der Waals surface area contributed by atoms with Crippen LogP contribution < -0.4 is 27.3 Å². The first-order valence-corrected chi connectivity index (χ1v) is 9.26. The standard InChI is InChI=1S/C21H19FN6O4/c1-10(18(23)29)26-17-9-15(20(25)31)27-21(28-17)11-2-7-16(14(8-11)19(24)30)32-13-5-3-12(22)4-6-13/h2-10H,1H3,(H2,23,29)(H2,24,30)(H2,25,31)(H,26,27,28)/t10-/m0/s1. The molecule has 7 N–H and O–H groups in total. The number of anilines is 1. The summed E-state index contributed by atoms with van der Waals surface area (Å²) in [5.41, 5.74) is 16.3. The summed E-state index contributed by atoms with van der Waals surface area (Å²) in [7, 11) is 0. The molecule has 1 heterocycles. The first kappa shape index (κ1) is 22.2. The second kappa shape index (κ2) is 9.08. The number of ether oxygens (including phenoxy) is 1. The smallest absolute Gasteiger partial charge is 0.267 e. The zero-order chi connectivity index (χ0) is 23.4. The van der Waals surface area contributed by atoms with Crippen molar-refractivity contribution in [1.29, 1.82) is 0 Å². The number of carbonyl (C=O) groups is 3. The van der Waals surface area contributed by atoms with Crippen molar-refractivity contribution in [3.05, 3.63) is 65.6 Å². The minimum absolute atomic E-state index is 0.0000775. The molecule has 3 rings (SSSR count). The van der Waals surface area contributed by atoms with Gasteiger partial charge in [-0.05, 0) is 49.4 Å². The van der Waals surface area contributed by atoms with E-state index in [9.17, 15) is 18.8 Å². The Balaban J connectivity index is 2.02. The van der Waals surface area contributed by atoms with Gasteiger partial charge in [0.2, 0.25) is 5.91 Å². The molecule has 0 fully saturated rings. The number of amides is 3. The van der Waals surface area contributed by atoms with Gasteiger partial charge in [-0.25, -0.2) is 14.4 Å². The summed E-state index contributed by atoms with van der Waals surface area (Å²) in [6.07, 6.45) is 0. The Morgan fingerprint density at radius 2 is 1.66 bits per heavy atom. The molecule has 1 aromatic heterocycles. The Morgan fingerprint density at radius 3 is 2.25 bits per heavy atom. The lowest BCUT2D eigenvalue weighted by Gasteiger charge is -2.14. The third-order valence-electron chi connectivity index (χ3n) is 4.31. The quantitative estimate of drug-likeness (QED) is 0.412. The predicted octanol–water partition coefficient (Wildman–Crippen LogP) is 1.56. The molecular weight excluding hydrogens is 419 g/mol. The van der Waals surface area contributed by atoms with E-state index in [0.29, 0.717) is 11.3 Å². The van der Waals surface area contributed by atoms with Gasteiger partial charge in [0.05, 0.1) is 5.56 Å². The van der Waals surface area contributed by atoms with Crippen LogP contribution in [-0.2, 0) is 4.79 Å². The van der Waals surface area contributed by atoms with Gasteiger partial charge in [-0.1, -0.05) is 0 Å². The van der Waals surface area contributed by atoms with Crippen LogP contribution in [0.15, 0.2) is 48.5 Å². The van der Waals surface area contributed by atoms with Gasteiger partial charge in [0.15, 0.2) is 5.82 Å². The zero-order valence-electron chi connectivity index (χ0n) is 16.8. The number of halogens is 1. The number of nitrogens with zero attached hydrogens (tertiary/aromatic N) is 2. The largest absolute Gasteiger partial charge is 0.457 e. The van der Waals surface area contributed by atoms with Crippen LogP contribution in [0.4, 0.5) is 10.2 Å². The Labute approximate surface area is 181 Å². The lowest BCUT2D eigenvalue weighted by molar-refractivity contribution is -0.118. The van der Waals surface area contributed by atoms with Gasteiger partial charge < -0.3 is 27.3 Å². The topological polar surface area (TPSA) is 176 Å². The van der Waals surface area contributed by atoms with Crippen molar-refractivity contribution in [3.8, 4) is 22.9 Å². The number of aromatic nitrogens is 2. The van der Waals surface area contributed by atoms with E-state index < -0.39 is 29.6 Å². The van der Waals surface area contributed by atoms with Crippen molar-refractivity contribution in [1.82, 2.24) is 9.97 Å². The second-order valence-corrected chi connectivity index (χ2v) is 6.73. The van der Waals surface area contributed by atoms with E-state index >= 15 is 0 Å². The number of primary amides is 3. The van der Waals surface area contributed by atoms with E-state index in [0.717, 1.165) is 0 Å². The van der Waals surface area contributed by atoms with Crippen molar-refractivity contribution in [2.45, 2.75) is 13.0 Å². The molecule has 3 amide bonds. The van der Waals surface area contributed by atoms with Crippen LogP contribution in [0.1, 0.15) is 27.8 Å². The van der Waals surface area contributed by atoms with Crippen LogP contribution in [0.2, 0.25) is 0 Å². The Bertz CT molecular complexity index is 1200. The molecule has 1 atom stereocenters. The lowest BCUT2D eigenvalue weighted by atomic mass is 10.1. The van der Waals surface area contributed by atoms with Crippen molar-refractivity contribution in [2.75, 3.05) is 5.32 Å². The average molecular weight is 438 g/mol. The Morgan fingerprint density at radius 1 is 0.969 bits per heavy atom. The van der Waals surface area contributed by atoms with Crippen LogP contribution in [0.25, 0.3) is 11.4 Å². The highest BCUT2D eigenvalue weighted by Crippen LogP contribution is 2.29. The van der Waals surface area contributed by atoms with Crippen molar-refractivity contribution < 1.29 is 23.5 Å². The van der Waals surface area contributed by atoms with E-state index in [2.05, 4.69) is 15.3 Å². The normalized spacial score (nSPS) is 11.4. The van der Waals surface area contributed by atoms with Crippen LogP contribution in [0, 0.1) is 5.82 Å². The van der Waals surface area contributed by atoms with Gasteiger partial charge >= 0.3 is 0 Å². The fourth-order valence-electron chi connectivity index (χ4n) is 2.65. The number of rotatable bonds is 8. The molecule has 0 unspecified atom stereocenters. The van der Waals surface area contributed by atoms with Gasteiger partial charge in [0.1, 0.15) is 34.9 Å². The van der Waals surface area contributed by atoms with E-state index in [4.69, 9.17) is 21.9 Å². The predicted molar refractivity (Wildman–Crippen MR) is 113 cm³/mol. The fourth-order valence-corrected chi connectivity index (χ4v) is 2.65. The van der Waals surface area contributed by atoms with Crippen LogP contribution in [-0.4, -0.2) is 33.7 Å². The number of nitrogens with two attached hydrogens (primary N) is 3. The first-order chi connectivity index (χ1) is 15.1. The highest BCUT2D eigenvalue weighted by molar-refractivity contribution is 5.97. The molecule has 0 saturated heterocycles. The summed E-state index contributed by atoms with van der Waals surface area (Å²) in [4.78, 5) is 43.4. The van der Waals surface area contributed by atoms with Crippen molar-refractivity contribution in [2.24, 2.45) is 17.2 Å². The monoisotopic (exact) mass is 438 g/mol. The van der Waals surface area contributed by atoms with E-state index in [1.54, 1.807) is 0 Å². The van der Waals surface area contributed by atoms with Crippen LogP contribution in [0.3, 0.4) is 0 Å². The number of hydrogen-bond acceptors (Lipinski definition) is 7. The summed E-state index contributed by atoms with van der Waals surface area (Å²) in [6, 6.07) is 10.1. The molecule has 0 bridgehead atoms. The summed E-state index contributed by atoms with van der Waals surface area (Å²) in [5.74, 6) is -2.11. The SMILES string of the molecule is C[C@H](Nc1cc(C(N)=O)nc(-c2ccc(Oc3ccc(F)cc3)c(C(N)=O)c2)n1)C(N)=O. The molecule has 0 radical (unpaired) electrons. The lowest BCUT2D eigenvalue weighted by Crippen LogP contribution is -2.33. The molecule has 32 heavy (non-hydrogen) atoms. The second-order valence-electron chi connectivity index (χ2n) is 6.73. The number of hydrogen-bond donors (Lipinski definition) is 4. The molecule has 2 aromatic carbocycles. The number of benzene rings is 2. The molecule has 0 saturated carbocycles. The van der Waals surface area contributed by atoms with Crippen LogP contribution >= 0.6 is 0 Å². The maximum atomic E-state index is 13.1. The summed E-state index contributed by atoms with van der Waals surface area (Å²) in [6.45, 7) is 1.51. The van der Waals surface area contributed by atoms with Gasteiger partial charge in [0, 0.05) is 11.6 Å². The van der Waals surface area contributed by atoms with Gasteiger partial charge in [0.25, 0.3) is 11.8 Å². The average Bonchev–Trinajstić information content (AvgIpc) is 2.75. The Hall–Kier alpha value is -4.54. The molecular formula is C21H19FN6O4. The van der Waals surface area contributed by atoms with E-state index in [1.165, 1.54) is 55.5 Å². The summed E-state index contributed by atoms with van der Waals surface area (Å²) in [5, 5.41) is 2.75. The first-order valence-electron chi connectivity index (χ1n) is 9.26. The van der Waals surface area contributed by atoms with Crippen LogP contribution in [0.5, 0.6) is 11.5 Å². The molecule has 0 aliphatic carbocycles. The van der Waals surface area contributed by atoms with Gasteiger partial charge in [-0.3, -0.25) is 14.4 Å². The highest BCUT2D eigenvalue weighted by atomic mass is 19.1. The zero-order valence-corrected chi connectivity index (χ0v) is 16.8. The Kier molecular flexibility index (Phi) is 6.29. The number of nitrogens with one attached hydrogen (secondary N) is 1. The van der Waals surface area contributed by atoms with Crippen molar-refractivity contribution >= 4 is 23.5 Å². The molecule has 11 heteroatoms. The molecule has 0 spiro atoms. The number of carbonyl (C=O) groups excluding carboxylic acids is 3. The maximum Gasteiger partial charge on any atom is 0.267 e. The van der Waals surface area contributed by atoms with Crippen molar-refractivity contribution in [3.63, 3.8) is 0 Å². The van der Waals surface area contributed by atoms with E-state index in [1.807, 2.05) is 0 Å². The van der Waals surface area contributed by atoms with Gasteiger partial charge in [-0.2, -0.15) is 0 Å². The molecule has 164 valence electrons. The maximum absolute atomic E-state index is 13.1. The molecule has 3 aromatic rings. The minimum Gasteiger partial charge on any atom is -0.457 e.